The molecule has 0 aliphatic heterocycles. The van der Waals surface area contributed by atoms with Gasteiger partial charge in [0.25, 0.3) is 0 Å². The summed E-state index contributed by atoms with van der Waals surface area (Å²) in [5.74, 6) is 0.697. The Bertz CT molecular complexity index is 1360. The average molecular weight is 469 g/mol. The van der Waals surface area contributed by atoms with Gasteiger partial charge in [0.2, 0.25) is 0 Å². The molecule has 2 unspecified atom stereocenters. The Balaban J connectivity index is 1.49. The van der Waals surface area contributed by atoms with Crippen LogP contribution < -0.4 is 10.4 Å². The second-order valence-corrected chi connectivity index (χ2v) is 15.0. The van der Waals surface area contributed by atoms with Crippen LogP contribution in [0, 0.1) is 0 Å². The lowest BCUT2D eigenvalue weighted by molar-refractivity contribution is 1.05. The monoisotopic (exact) mass is 468 g/mol. The van der Waals surface area contributed by atoms with Crippen LogP contribution in [-0.4, -0.2) is 8.07 Å². The van der Waals surface area contributed by atoms with Gasteiger partial charge in [-0.05, 0) is 68.7 Å². The van der Waals surface area contributed by atoms with Crippen LogP contribution >= 0.6 is 0 Å². The molecule has 0 bridgehead atoms. The minimum absolute atomic E-state index is 0.349. The van der Waals surface area contributed by atoms with Gasteiger partial charge in [-0.25, -0.2) is 0 Å². The van der Waals surface area contributed by atoms with Gasteiger partial charge in [0.05, 0.1) is 0 Å². The van der Waals surface area contributed by atoms with Crippen LogP contribution in [-0.2, 0) is 0 Å². The van der Waals surface area contributed by atoms with Crippen molar-refractivity contribution in [1.29, 1.82) is 0 Å². The molecule has 0 aromatic heterocycles. The first-order valence-electron chi connectivity index (χ1n) is 12.7. The molecular formula is C34H32Si. The summed E-state index contributed by atoms with van der Waals surface area (Å²) in [5, 5.41) is 3.12. The van der Waals surface area contributed by atoms with Crippen LogP contribution in [0.4, 0.5) is 0 Å². The Kier molecular flexibility index (Phi) is 5.27. The van der Waals surface area contributed by atoms with Crippen LogP contribution in [0.3, 0.4) is 0 Å². The molecule has 0 fully saturated rings. The van der Waals surface area contributed by atoms with E-state index in [1.54, 1.807) is 10.4 Å². The molecule has 6 rings (SSSR count). The maximum atomic E-state index is 2.55. The zero-order valence-corrected chi connectivity index (χ0v) is 22.0. The van der Waals surface area contributed by atoms with Crippen molar-refractivity contribution < 1.29 is 0 Å². The summed E-state index contributed by atoms with van der Waals surface area (Å²) >= 11 is 0. The van der Waals surface area contributed by atoms with Gasteiger partial charge in [-0.3, -0.25) is 0 Å². The normalized spacial score (nSPS) is 18.6. The van der Waals surface area contributed by atoms with Crippen molar-refractivity contribution in [1.82, 2.24) is 0 Å². The third-order valence-corrected chi connectivity index (χ3v) is 11.7. The van der Waals surface area contributed by atoms with Crippen molar-refractivity contribution in [3.05, 3.63) is 143 Å². The Labute approximate surface area is 210 Å². The Morgan fingerprint density at radius 3 is 1.29 bits per heavy atom. The maximum absolute atomic E-state index is 2.55. The molecule has 0 amide bonds. The Morgan fingerprint density at radius 2 is 0.886 bits per heavy atom. The number of fused-ring (bicyclic) bond motifs is 2. The fourth-order valence-electron chi connectivity index (χ4n) is 6.44. The number of hydrogen-bond donors (Lipinski definition) is 0. The molecule has 0 saturated carbocycles. The molecule has 4 aromatic rings. The van der Waals surface area contributed by atoms with Crippen LogP contribution in [0.25, 0.3) is 11.1 Å². The van der Waals surface area contributed by atoms with E-state index in [0.717, 1.165) is 0 Å². The van der Waals surface area contributed by atoms with E-state index in [-0.39, 0.29) is 0 Å². The summed E-state index contributed by atoms with van der Waals surface area (Å²) in [4.78, 5) is 0. The van der Waals surface area contributed by atoms with Crippen LogP contribution in [0.5, 0.6) is 0 Å². The highest BCUT2D eigenvalue weighted by atomic mass is 28.3. The van der Waals surface area contributed by atoms with Gasteiger partial charge >= 0.3 is 0 Å². The molecule has 172 valence electrons. The summed E-state index contributed by atoms with van der Waals surface area (Å²) in [7, 11) is -2.00. The van der Waals surface area contributed by atoms with Gasteiger partial charge in [0.1, 0.15) is 8.07 Å². The average Bonchev–Trinajstić information content (AvgIpc) is 3.42. The fourth-order valence-corrected chi connectivity index (χ4v) is 9.69. The van der Waals surface area contributed by atoms with Crippen molar-refractivity contribution in [2.45, 2.75) is 38.8 Å². The van der Waals surface area contributed by atoms with Crippen molar-refractivity contribution in [3.8, 4) is 0 Å². The van der Waals surface area contributed by atoms with Crippen LogP contribution in [0.1, 0.15) is 59.1 Å². The van der Waals surface area contributed by atoms with E-state index in [0.29, 0.717) is 11.8 Å². The molecule has 0 radical (unpaired) electrons. The van der Waals surface area contributed by atoms with Crippen LogP contribution in [0.2, 0.25) is 13.1 Å². The third-order valence-electron chi connectivity index (χ3n) is 8.15. The molecular weight excluding hydrogens is 436 g/mol. The van der Waals surface area contributed by atoms with Gasteiger partial charge in [-0.1, -0.05) is 122 Å². The zero-order chi connectivity index (χ0) is 24.2. The van der Waals surface area contributed by atoms with Gasteiger partial charge in [-0.15, -0.1) is 0 Å². The first kappa shape index (κ1) is 22.1. The van der Waals surface area contributed by atoms with Gasteiger partial charge in [0, 0.05) is 11.8 Å². The molecule has 0 saturated heterocycles. The topological polar surface area (TPSA) is 0 Å². The van der Waals surface area contributed by atoms with Gasteiger partial charge < -0.3 is 0 Å². The Morgan fingerprint density at radius 1 is 0.486 bits per heavy atom. The maximum Gasteiger partial charge on any atom is 0.113 e. The number of benzene rings is 4. The van der Waals surface area contributed by atoms with Crippen molar-refractivity contribution >= 4 is 29.6 Å². The molecule has 4 aromatic carbocycles. The SMILES string of the molecule is CC1=CC(c2ccccc2)c2cccc([Si](C)(C)c3cccc4c3C(C)=CC4c3ccccc3)c21. The van der Waals surface area contributed by atoms with E-state index >= 15 is 0 Å². The van der Waals surface area contributed by atoms with E-state index in [1.807, 2.05) is 0 Å². The lowest BCUT2D eigenvalue weighted by atomic mass is 9.93. The number of rotatable bonds is 4. The van der Waals surface area contributed by atoms with Crippen molar-refractivity contribution in [2.24, 2.45) is 0 Å². The molecule has 0 heterocycles. The standard InChI is InChI=1S/C34H32Si/c1-23-21-29(25-13-7-5-8-14-25)27-17-11-19-31(33(23)27)35(3,4)32-20-12-18-28-30(22-24(2)34(28)32)26-15-9-6-10-16-26/h5-22,29-30H,1-4H3. The summed E-state index contributed by atoms with van der Waals surface area (Å²) in [6.45, 7) is 9.71. The largest absolute Gasteiger partial charge is 0.113 e. The molecule has 0 N–H and O–H groups in total. The minimum Gasteiger partial charge on any atom is -0.0691 e. The zero-order valence-electron chi connectivity index (χ0n) is 21.0. The molecule has 1 heteroatoms. The van der Waals surface area contributed by atoms with Gasteiger partial charge in [-0.2, -0.15) is 0 Å². The van der Waals surface area contributed by atoms with E-state index in [9.17, 15) is 0 Å². The highest BCUT2D eigenvalue weighted by Gasteiger charge is 2.37. The molecule has 2 atom stereocenters. The summed E-state index contributed by atoms with van der Waals surface area (Å²) in [5.41, 5.74) is 11.5. The predicted octanol–water partition coefficient (Wildman–Crippen LogP) is 7.61. The lowest BCUT2D eigenvalue weighted by Crippen LogP contribution is -2.55. The number of hydrogen-bond acceptors (Lipinski definition) is 0. The van der Waals surface area contributed by atoms with E-state index < -0.39 is 8.07 Å². The second kappa shape index (κ2) is 8.36. The highest BCUT2D eigenvalue weighted by molar-refractivity contribution is 7.01. The molecule has 0 spiro atoms. The van der Waals surface area contributed by atoms with Gasteiger partial charge in [0.15, 0.2) is 0 Å². The highest BCUT2D eigenvalue weighted by Crippen LogP contribution is 2.42. The summed E-state index contributed by atoms with van der Waals surface area (Å²) in [6, 6.07) is 36.0. The molecule has 0 nitrogen and oxygen atoms in total. The van der Waals surface area contributed by atoms with Crippen molar-refractivity contribution in [3.63, 3.8) is 0 Å². The summed E-state index contributed by atoms with van der Waals surface area (Å²) in [6.07, 6.45) is 4.94. The first-order valence-corrected chi connectivity index (χ1v) is 15.7. The first-order chi connectivity index (χ1) is 17.0. The van der Waals surface area contributed by atoms with Crippen molar-refractivity contribution in [2.75, 3.05) is 0 Å². The van der Waals surface area contributed by atoms with Crippen LogP contribution in [0.15, 0.2) is 109 Å². The fraction of sp³-hybridized carbons (Fsp3) is 0.176. The molecule has 35 heavy (non-hydrogen) atoms. The Hall–Kier alpha value is -3.42. The predicted molar refractivity (Wildman–Crippen MR) is 154 cm³/mol. The van der Waals surface area contributed by atoms with E-state index in [2.05, 4.69) is 136 Å². The second-order valence-electron chi connectivity index (χ2n) is 10.6. The quantitative estimate of drug-likeness (QED) is 0.270. The third kappa shape index (κ3) is 3.49. The molecule has 2 aliphatic carbocycles. The van der Waals surface area contributed by atoms with E-state index in [4.69, 9.17) is 0 Å². The summed E-state index contributed by atoms with van der Waals surface area (Å²) < 4.78 is 0. The minimum atomic E-state index is -2.00. The smallest absolute Gasteiger partial charge is 0.0691 e. The van der Waals surface area contributed by atoms with E-state index in [1.165, 1.54) is 44.5 Å². The molecule has 2 aliphatic rings. The number of allylic oxidation sites excluding steroid dienone is 4. The lowest BCUT2D eigenvalue weighted by Gasteiger charge is -2.30.